The van der Waals surface area contributed by atoms with E-state index >= 15 is 0 Å². The molecule has 164 valence electrons. The second kappa shape index (κ2) is 11.4. The molecule has 1 saturated heterocycles. The minimum Gasteiger partial charge on any atom is -0.465 e. The van der Waals surface area contributed by atoms with Gasteiger partial charge in [0.05, 0.1) is 13.2 Å². The van der Waals surface area contributed by atoms with Gasteiger partial charge in [-0.15, -0.1) is 0 Å². The van der Waals surface area contributed by atoms with E-state index in [0.29, 0.717) is 12.4 Å². The van der Waals surface area contributed by atoms with Crippen LogP contribution in [0.1, 0.15) is 40.0 Å². The molecule has 0 aliphatic carbocycles. The summed E-state index contributed by atoms with van der Waals surface area (Å²) in [7, 11) is -3.34. The van der Waals surface area contributed by atoms with E-state index in [1.165, 1.54) is 6.20 Å². The molecule has 1 aliphatic heterocycles. The number of anilines is 1. The average Bonchev–Trinajstić information content (AvgIpc) is 2.69. The van der Waals surface area contributed by atoms with Gasteiger partial charge >= 0.3 is 12.0 Å². The fraction of sp³-hybridized carbons (Fsp3) is 0.722. The van der Waals surface area contributed by atoms with Crippen LogP contribution < -0.4 is 15.6 Å². The van der Waals surface area contributed by atoms with Gasteiger partial charge in [0.1, 0.15) is 30.9 Å². The molecule has 1 unspecified atom stereocenters. The molecule has 3 atom stereocenters. The molecule has 11 heteroatoms. The number of rotatable bonds is 11. The van der Waals surface area contributed by atoms with E-state index in [9.17, 15) is 9.36 Å². The molecule has 1 aromatic rings. The summed E-state index contributed by atoms with van der Waals surface area (Å²) in [5.41, 5.74) is 5.57. The number of aromatic nitrogens is 2. The van der Waals surface area contributed by atoms with Crippen molar-refractivity contribution in [1.29, 1.82) is 0 Å². The summed E-state index contributed by atoms with van der Waals surface area (Å²) in [4.78, 5) is 20.2. The highest BCUT2D eigenvalue weighted by Gasteiger charge is 2.38. The number of unbranched alkanes of at least 4 members (excludes halogenated alkanes) is 2. The van der Waals surface area contributed by atoms with Crippen molar-refractivity contribution < 1.29 is 28.1 Å². The zero-order chi connectivity index (χ0) is 21.3. The molecular weight excluding hydrogens is 399 g/mol. The molecule has 0 aromatic carbocycles. The Morgan fingerprint density at radius 2 is 2.24 bits per heavy atom. The average molecular weight is 430 g/mol. The van der Waals surface area contributed by atoms with Gasteiger partial charge in [0, 0.05) is 6.20 Å². The van der Waals surface area contributed by atoms with Gasteiger partial charge in [-0.2, -0.15) is 4.98 Å². The fourth-order valence-corrected chi connectivity index (χ4v) is 4.42. The predicted octanol–water partition coefficient (Wildman–Crippen LogP) is 2.35. The Morgan fingerprint density at radius 3 is 2.86 bits per heavy atom. The predicted molar refractivity (Wildman–Crippen MR) is 107 cm³/mol. The van der Waals surface area contributed by atoms with Gasteiger partial charge in [0.25, 0.3) is 7.52 Å². The lowest BCUT2D eigenvalue weighted by Crippen LogP contribution is -2.44. The van der Waals surface area contributed by atoms with Crippen LogP contribution in [0.25, 0.3) is 0 Å². The van der Waals surface area contributed by atoms with Crippen LogP contribution in [0, 0.1) is 5.92 Å². The van der Waals surface area contributed by atoms with Crippen LogP contribution in [0.3, 0.4) is 0 Å². The summed E-state index contributed by atoms with van der Waals surface area (Å²) in [5, 5.41) is 2.83. The van der Waals surface area contributed by atoms with Crippen LogP contribution in [0.15, 0.2) is 12.3 Å². The molecule has 2 heterocycles. The Bertz CT molecular complexity index is 693. The van der Waals surface area contributed by atoms with Crippen molar-refractivity contribution in [3.8, 4) is 6.01 Å². The number of hydrogen-bond donors (Lipinski definition) is 2. The highest BCUT2D eigenvalue weighted by Crippen LogP contribution is 2.46. The van der Waals surface area contributed by atoms with Gasteiger partial charge in [-0.3, -0.25) is 9.36 Å². The van der Waals surface area contributed by atoms with Crippen molar-refractivity contribution in [2.45, 2.75) is 52.2 Å². The third-order valence-electron chi connectivity index (χ3n) is 4.25. The first kappa shape index (κ1) is 23.5. The Balaban J connectivity index is 1.81. The van der Waals surface area contributed by atoms with Crippen LogP contribution in [0.5, 0.6) is 6.01 Å². The van der Waals surface area contributed by atoms with Crippen LogP contribution in [-0.4, -0.2) is 54.3 Å². The SMILES string of the molecule is CCCCCOC(=O)[C@@H](NP1(=O)CO[C@@H](COc2nccc(N)n2)CO1)C(C)C. The molecule has 0 saturated carbocycles. The summed E-state index contributed by atoms with van der Waals surface area (Å²) in [6.07, 6.45) is 3.71. The van der Waals surface area contributed by atoms with Gasteiger partial charge in [-0.25, -0.2) is 10.1 Å². The number of carbonyl (C=O) groups is 1. The number of hydrogen-bond acceptors (Lipinski definition) is 9. The van der Waals surface area contributed by atoms with E-state index in [2.05, 4.69) is 22.0 Å². The van der Waals surface area contributed by atoms with Crippen molar-refractivity contribution >= 4 is 19.3 Å². The van der Waals surface area contributed by atoms with E-state index in [1.54, 1.807) is 6.07 Å². The van der Waals surface area contributed by atoms with Crippen molar-refractivity contribution in [2.75, 3.05) is 31.9 Å². The number of nitrogens with two attached hydrogens (primary N) is 1. The minimum absolute atomic E-state index is 0.0446. The maximum absolute atomic E-state index is 12.9. The second-order valence-corrected chi connectivity index (χ2v) is 9.31. The molecule has 2 rings (SSSR count). The van der Waals surface area contributed by atoms with Gasteiger partial charge < -0.3 is 24.5 Å². The van der Waals surface area contributed by atoms with Crippen LogP contribution in [0.2, 0.25) is 0 Å². The number of nitrogens with one attached hydrogen (secondary N) is 1. The standard InChI is InChI=1S/C18H31N4O6P/c1-4-5-6-9-25-17(23)16(13(2)3)22-29(24)12-27-14(11-28-29)10-26-18-20-8-7-15(19)21-18/h7-8,13-14,16H,4-6,9-12H2,1-3H3,(H,22,24)(H2,19,20,21)/t14-,16-,29?/m0/s1. The summed E-state index contributed by atoms with van der Waals surface area (Å²) in [6.45, 7) is 6.30. The first-order chi connectivity index (χ1) is 13.8. The maximum Gasteiger partial charge on any atom is 0.323 e. The number of nitrogens with zero attached hydrogens (tertiary/aromatic N) is 2. The number of carbonyl (C=O) groups excluding carboxylic acids is 1. The van der Waals surface area contributed by atoms with E-state index in [0.717, 1.165) is 19.3 Å². The number of ether oxygens (including phenoxy) is 3. The molecule has 1 fully saturated rings. The largest absolute Gasteiger partial charge is 0.465 e. The van der Waals surface area contributed by atoms with Crippen LogP contribution in [0.4, 0.5) is 5.82 Å². The van der Waals surface area contributed by atoms with Gasteiger partial charge in [0.2, 0.25) is 0 Å². The van der Waals surface area contributed by atoms with Crippen LogP contribution in [-0.2, 0) is 23.4 Å². The first-order valence-electron chi connectivity index (χ1n) is 9.84. The summed E-state index contributed by atoms with van der Waals surface area (Å²) in [6, 6.07) is 0.945. The fourth-order valence-electron chi connectivity index (χ4n) is 2.55. The lowest BCUT2D eigenvalue weighted by Gasteiger charge is -2.32. The van der Waals surface area contributed by atoms with Crippen molar-refractivity contribution in [1.82, 2.24) is 15.1 Å². The molecule has 0 spiro atoms. The molecule has 0 radical (unpaired) electrons. The van der Waals surface area contributed by atoms with Crippen molar-refractivity contribution in [3.63, 3.8) is 0 Å². The topological polar surface area (TPSA) is 135 Å². The Hall–Kier alpha value is -1.74. The number of nitrogen functional groups attached to an aromatic ring is 1. The summed E-state index contributed by atoms with van der Waals surface area (Å²) in [5.74, 6) is -0.255. The molecule has 1 aliphatic rings. The van der Waals surface area contributed by atoms with E-state index in [-0.39, 0.29) is 31.5 Å². The van der Waals surface area contributed by atoms with Crippen molar-refractivity contribution in [2.24, 2.45) is 5.92 Å². The molecule has 10 nitrogen and oxygen atoms in total. The lowest BCUT2D eigenvalue weighted by atomic mass is 10.1. The molecule has 3 N–H and O–H groups in total. The third-order valence-corrected chi connectivity index (χ3v) is 5.98. The van der Waals surface area contributed by atoms with E-state index < -0.39 is 25.6 Å². The minimum atomic E-state index is -3.34. The van der Waals surface area contributed by atoms with E-state index in [4.69, 9.17) is 24.5 Å². The Labute approximate surface area is 171 Å². The molecule has 0 amide bonds. The highest BCUT2D eigenvalue weighted by atomic mass is 31.2. The third kappa shape index (κ3) is 7.89. The van der Waals surface area contributed by atoms with Gasteiger partial charge in [-0.05, 0) is 18.4 Å². The van der Waals surface area contributed by atoms with Gasteiger partial charge in [0.15, 0.2) is 0 Å². The lowest BCUT2D eigenvalue weighted by molar-refractivity contribution is -0.147. The smallest absolute Gasteiger partial charge is 0.323 e. The molecule has 0 bridgehead atoms. The van der Waals surface area contributed by atoms with E-state index in [1.807, 2.05) is 13.8 Å². The zero-order valence-electron chi connectivity index (χ0n) is 17.2. The van der Waals surface area contributed by atoms with Crippen LogP contribution >= 0.6 is 7.52 Å². The summed E-state index contributed by atoms with van der Waals surface area (Å²) >= 11 is 0. The Kier molecular flexibility index (Phi) is 9.29. The normalized spacial score (nSPS) is 23.0. The Morgan fingerprint density at radius 1 is 1.45 bits per heavy atom. The molecule has 1 aromatic heterocycles. The monoisotopic (exact) mass is 430 g/mol. The van der Waals surface area contributed by atoms with Crippen molar-refractivity contribution in [3.05, 3.63) is 12.3 Å². The quantitative estimate of drug-likeness (QED) is 0.306. The highest BCUT2D eigenvalue weighted by molar-refractivity contribution is 7.56. The number of esters is 1. The molecular formula is C18H31N4O6P. The maximum atomic E-state index is 12.9. The zero-order valence-corrected chi connectivity index (χ0v) is 18.1. The van der Waals surface area contributed by atoms with Gasteiger partial charge in [-0.1, -0.05) is 33.6 Å². The summed E-state index contributed by atoms with van der Waals surface area (Å²) < 4.78 is 34.8. The molecule has 29 heavy (non-hydrogen) atoms. The second-order valence-electron chi connectivity index (χ2n) is 7.19. The first-order valence-corrected chi connectivity index (χ1v) is 11.6.